The van der Waals surface area contributed by atoms with Crippen LogP contribution in [0.15, 0.2) is 42.5 Å². The molecule has 0 N–H and O–H groups in total. The van der Waals surface area contributed by atoms with Crippen molar-refractivity contribution in [2.24, 2.45) is 0 Å². The number of hydrogen-bond acceptors (Lipinski definition) is 0. The summed E-state index contributed by atoms with van der Waals surface area (Å²) >= 11 is 12.3. The van der Waals surface area contributed by atoms with Crippen molar-refractivity contribution >= 4 is 23.2 Å². The smallest absolute Gasteiger partial charge is 0.129 e. The second kappa shape index (κ2) is 5.73. The molecule has 0 amide bonds. The van der Waals surface area contributed by atoms with Crippen LogP contribution in [-0.4, -0.2) is 0 Å². The van der Waals surface area contributed by atoms with Gasteiger partial charge in [-0.15, -0.1) is 11.6 Å². The number of benzene rings is 2. The van der Waals surface area contributed by atoms with E-state index in [4.69, 9.17) is 23.2 Å². The summed E-state index contributed by atoms with van der Waals surface area (Å²) in [7, 11) is 0. The van der Waals surface area contributed by atoms with Crippen LogP contribution in [0.2, 0.25) is 5.02 Å². The maximum atomic E-state index is 13.7. The molecule has 0 aliphatic carbocycles. The lowest BCUT2D eigenvalue weighted by Crippen LogP contribution is -2.00. The first-order chi connectivity index (χ1) is 8.58. The topological polar surface area (TPSA) is 0 Å². The monoisotopic (exact) mass is 282 g/mol. The van der Waals surface area contributed by atoms with Crippen LogP contribution in [0.3, 0.4) is 0 Å². The molecule has 0 saturated carbocycles. The summed E-state index contributed by atoms with van der Waals surface area (Å²) in [5.41, 5.74) is 2.62. The molecule has 0 aromatic heterocycles. The maximum absolute atomic E-state index is 13.7. The Morgan fingerprint density at radius 3 is 2.56 bits per heavy atom. The Hall–Kier alpha value is -1.05. The fourth-order valence-electron chi connectivity index (χ4n) is 1.96. The first-order valence-corrected chi connectivity index (χ1v) is 6.53. The van der Waals surface area contributed by atoms with Gasteiger partial charge in [0, 0.05) is 10.6 Å². The van der Waals surface area contributed by atoms with E-state index in [1.165, 1.54) is 6.07 Å². The standard InChI is InChI=1S/C15H13Cl2F/c1-10-4-2-5-11(8-10)9-13(17)15-12(16)6-3-7-14(15)18/h2-8,13H,9H2,1H3. The molecular formula is C15H13Cl2F. The van der Waals surface area contributed by atoms with Gasteiger partial charge in [0.15, 0.2) is 0 Å². The third-order valence-corrected chi connectivity index (χ3v) is 3.51. The molecule has 0 spiro atoms. The molecule has 0 bridgehead atoms. The number of halogens is 3. The van der Waals surface area contributed by atoms with Gasteiger partial charge in [0.1, 0.15) is 5.82 Å². The highest BCUT2D eigenvalue weighted by Gasteiger charge is 2.17. The van der Waals surface area contributed by atoms with E-state index < -0.39 is 5.38 Å². The molecule has 0 aliphatic heterocycles. The van der Waals surface area contributed by atoms with Crippen LogP contribution in [0.5, 0.6) is 0 Å². The molecule has 94 valence electrons. The van der Waals surface area contributed by atoms with Gasteiger partial charge in [-0.1, -0.05) is 47.5 Å². The van der Waals surface area contributed by atoms with Gasteiger partial charge in [0.05, 0.1) is 5.38 Å². The van der Waals surface area contributed by atoms with E-state index >= 15 is 0 Å². The average molecular weight is 283 g/mol. The molecule has 18 heavy (non-hydrogen) atoms. The Balaban J connectivity index is 2.25. The largest absolute Gasteiger partial charge is 0.207 e. The lowest BCUT2D eigenvalue weighted by molar-refractivity contribution is 0.606. The summed E-state index contributed by atoms with van der Waals surface area (Å²) in [6.07, 6.45) is 0.559. The second-order valence-corrected chi connectivity index (χ2v) is 5.23. The van der Waals surface area contributed by atoms with Crippen LogP contribution >= 0.6 is 23.2 Å². The van der Waals surface area contributed by atoms with E-state index in [0.29, 0.717) is 17.0 Å². The molecule has 0 nitrogen and oxygen atoms in total. The minimum Gasteiger partial charge on any atom is -0.207 e. The Kier molecular flexibility index (Phi) is 4.26. The molecule has 1 unspecified atom stereocenters. The molecule has 3 heteroatoms. The summed E-state index contributed by atoms with van der Waals surface area (Å²) < 4.78 is 13.7. The van der Waals surface area contributed by atoms with E-state index in [1.807, 2.05) is 31.2 Å². The van der Waals surface area contributed by atoms with Crippen molar-refractivity contribution < 1.29 is 4.39 Å². The zero-order chi connectivity index (χ0) is 13.1. The van der Waals surface area contributed by atoms with Crippen molar-refractivity contribution in [1.29, 1.82) is 0 Å². The number of hydrogen-bond donors (Lipinski definition) is 0. The molecular weight excluding hydrogens is 270 g/mol. The van der Waals surface area contributed by atoms with Crippen LogP contribution in [0.25, 0.3) is 0 Å². The lowest BCUT2D eigenvalue weighted by atomic mass is 10.0. The fraction of sp³-hybridized carbons (Fsp3) is 0.200. The van der Waals surface area contributed by atoms with Gasteiger partial charge in [-0.25, -0.2) is 4.39 Å². The molecule has 0 aliphatic rings. The van der Waals surface area contributed by atoms with E-state index in [2.05, 4.69) is 0 Å². The Labute approximate surface area is 116 Å². The molecule has 2 aromatic carbocycles. The van der Waals surface area contributed by atoms with Crippen molar-refractivity contribution in [3.8, 4) is 0 Å². The SMILES string of the molecule is Cc1cccc(CC(Cl)c2c(F)cccc2Cl)c1. The average Bonchev–Trinajstić information content (AvgIpc) is 2.28. The van der Waals surface area contributed by atoms with Gasteiger partial charge in [0.2, 0.25) is 0 Å². The fourth-order valence-corrected chi connectivity index (χ4v) is 2.71. The molecule has 0 saturated heterocycles. The number of rotatable bonds is 3. The normalized spacial score (nSPS) is 12.4. The van der Waals surface area contributed by atoms with Crippen LogP contribution < -0.4 is 0 Å². The van der Waals surface area contributed by atoms with Crippen molar-refractivity contribution in [1.82, 2.24) is 0 Å². The summed E-state index contributed by atoms with van der Waals surface area (Å²) in [5, 5.41) is -0.0804. The van der Waals surface area contributed by atoms with Gasteiger partial charge in [-0.05, 0) is 31.0 Å². The molecule has 2 aromatic rings. The predicted octanol–water partition coefficient (Wildman–Crippen LogP) is 5.31. The minimum absolute atomic E-state index is 0.352. The molecule has 1 atom stereocenters. The Morgan fingerprint density at radius 2 is 1.89 bits per heavy atom. The summed E-state index contributed by atoms with van der Waals surface area (Å²) in [6, 6.07) is 12.6. The predicted molar refractivity (Wildman–Crippen MR) is 74.9 cm³/mol. The maximum Gasteiger partial charge on any atom is 0.129 e. The van der Waals surface area contributed by atoms with E-state index in [0.717, 1.165) is 11.1 Å². The molecule has 0 fully saturated rings. The van der Waals surface area contributed by atoms with Gasteiger partial charge in [0.25, 0.3) is 0 Å². The van der Waals surface area contributed by atoms with E-state index in [-0.39, 0.29) is 5.82 Å². The number of aryl methyl sites for hydroxylation is 1. The summed E-state index contributed by atoms with van der Waals surface area (Å²) in [6.45, 7) is 2.02. The quantitative estimate of drug-likeness (QED) is 0.669. The third-order valence-electron chi connectivity index (χ3n) is 2.81. The van der Waals surface area contributed by atoms with Crippen molar-refractivity contribution in [3.05, 3.63) is 70.0 Å². The van der Waals surface area contributed by atoms with Crippen molar-refractivity contribution in [2.45, 2.75) is 18.7 Å². The van der Waals surface area contributed by atoms with Gasteiger partial charge >= 0.3 is 0 Å². The van der Waals surface area contributed by atoms with Gasteiger partial charge < -0.3 is 0 Å². The van der Waals surface area contributed by atoms with Crippen LogP contribution in [0.4, 0.5) is 4.39 Å². The zero-order valence-corrected chi connectivity index (χ0v) is 11.5. The molecule has 0 radical (unpaired) electrons. The highest BCUT2D eigenvalue weighted by molar-refractivity contribution is 6.32. The molecule has 0 heterocycles. The highest BCUT2D eigenvalue weighted by atomic mass is 35.5. The van der Waals surface area contributed by atoms with Crippen LogP contribution in [0, 0.1) is 12.7 Å². The first kappa shape index (κ1) is 13.4. The minimum atomic E-state index is -0.458. The summed E-state index contributed by atoms with van der Waals surface area (Å²) in [4.78, 5) is 0. The van der Waals surface area contributed by atoms with Crippen molar-refractivity contribution in [3.63, 3.8) is 0 Å². The molecule has 2 rings (SSSR count). The van der Waals surface area contributed by atoms with Gasteiger partial charge in [-0.3, -0.25) is 0 Å². The first-order valence-electron chi connectivity index (χ1n) is 5.71. The van der Waals surface area contributed by atoms with Crippen LogP contribution in [0.1, 0.15) is 22.1 Å². The Bertz CT molecular complexity index is 532. The van der Waals surface area contributed by atoms with Gasteiger partial charge in [-0.2, -0.15) is 0 Å². The number of alkyl halides is 1. The second-order valence-electron chi connectivity index (χ2n) is 4.30. The lowest BCUT2D eigenvalue weighted by Gasteiger charge is -2.13. The third kappa shape index (κ3) is 3.04. The summed E-state index contributed by atoms with van der Waals surface area (Å²) in [5.74, 6) is -0.352. The van der Waals surface area contributed by atoms with Crippen molar-refractivity contribution in [2.75, 3.05) is 0 Å². The highest BCUT2D eigenvalue weighted by Crippen LogP contribution is 2.32. The van der Waals surface area contributed by atoms with E-state index in [9.17, 15) is 4.39 Å². The van der Waals surface area contributed by atoms with E-state index in [1.54, 1.807) is 12.1 Å². The van der Waals surface area contributed by atoms with Crippen LogP contribution in [-0.2, 0) is 6.42 Å². The Morgan fingerprint density at radius 1 is 1.17 bits per heavy atom. The zero-order valence-electron chi connectivity index (χ0n) is 9.96.